The minimum absolute atomic E-state index is 0.207. The van der Waals surface area contributed by atoms with Gasteiger partial charge < -0.3 is 10.6 Å². The molecule has 0 radical (unpaired) electrons. The molecule has 0 aliphatic carbocycles. The molecule has 0 aromatic heterocycles. The summed E-state index contributed by atoms with van der Waals surface area (Å²) in [6.07, 6.45) is 0.532. The van der Waals surface area contributed by atoms with Crippen LogP contribution in [0, 0.1) is 0 Å². The van der Waals surface area contributed by atoms with Gasteiger partial charge in [0.25, 0.3) is 0 Å². The van der Waals surface area contributed by atoms with Gasteiger partial charge in [0, 0.05) is 17.3 Å². The van der Waals surface area contributed by atoms with E-state index in [1.165, 1.54) is 0 Å². The van der Waals surface area contributed by atoms with E-state index in [1.54, 1.807) is 24.3 Å². The van der Waals surface area contributed by atoms with Crippen molar-refractivity contribution < 1.29 is 9.59 Å². The predicted molar refractivity (Wildman–Crippen MR) is 87.9 cm³/mol. The van der Waals surface area contributed by atoms with E-state index in [1.807, 2.05) is 30.3 Å². The van der Waals surface area contributed by atoms with Gasteiger partial charge in [-0.1, -0.05) is 48.0 Å². The minimum atomic E-state index is -0.362. The van der Waals surface area contributed by atoms with Crippen molar-refractivity contribution in [3.63, 3.8) is 0 Å². The van der Waals surface area contributed by atoms with Crippen molar-refractivity contribution in [2.75, 3.05) is 11.9 Å². The minimum Gasteiger partial charge on any atom is -0.355 e. The van der Waals surface area contributed by atoms with Crippen LogP contribution in [0.25, 0.3) is 0 Å². The number of hydrogen-bond acceptors (Lipinski definition) is 2. The number of amides is 2. The van der Waals surface area contributed by atoms with Crippen molar-refractivity contribution in [2.24, 2.45) is 0 Å². The van der Waals surface area contributed by atoms with E-state index < -0.39 is 0 Å². The maximum absolute atomic E-state index is 11.8. The first-order chi connectivity index (χ1) is 10.6. The number of nitrogens with one attached hydrogen (secondary N) is 2. The lowest BCUT2D eigenvalue weighted by atomic mass is 10.1. The highest BCUT2D eigenvalue weighted by molar-refractivity contribution is 6.30. The summed E-state index contributed by atoms with van der Waals surface area (Å²) < 4.78 is 0. The Morgan fingerprint density at radius 1 is 0.955 bits per heavy atom. The first kappa shape index (κ1) is 16.0. The average molecular weight is 317 g/mol. The lowest BCUT2D eigenvalue weighted by molar-refractivity contribution is -0.126. The van der Waals surface area contributed by atoms with Gasteiger partial charge in [-0.3, -0.25) is 9.59 Å². The van der Waals surface area contributed by atoms with Crippen LogP contribution in [-0.4, -0.2) is 18.4 Å². The molecule has 0 atom stereocenters. The zero-order chi connectivity index (χ0) is 15.8. The fourth-order valence-electron chi connectivity index (χ4n) is 1.97. The number of carbonyl (C=O) groups excluding carboxylic acids is 2. The second-order valence-corrected chi connectivity index (χ2v) is 5.26. The molecule has 2 aromatic carbocycles. The molecule has 0 aliphatic heterocycles. The maximum atomic E-state index is 11.8. The number of rotatable bonds is 6. The van der Waals surface area contributed by atoms with Gasteiger partial charge in [-0.2, -0.15) is 0 Å². The van der Waals surface area contributed by atoms with Gasteiger partial charge in [0.2, 0.25) is 11.8 Å². The van der Waals surface area contributed by atoms with Crippen LogP contribution in [0.3, 0.4) is 0 Å². The van der Waals surface area contributed by atoms with Crippen LogP contribution in [0.1, 0.15) is 12.0 Å². The second-order valence-electron chi connectivity index (χ2n) is 4.82. The SMILES string of the molecule is O=C(CC(=O)Nc1cccc(Cl)c1)NCCc1ccccc1. The molecule has 5 heteroatoms. The Morgan fingerprint density at radius 2 is 1.73 bits per heavy atom. The van der Waals surface area contributed by atoms with Crippen LogP contribution in [0.4, 0.5) is 5.69 Å². The standard InChI is InChI=1S/C17H17ClN2O2/c18-14-7-4-8-15(11-14)20-17(22)12-16(21)19-10-9-13-5-2-1-3-6-13/h1-8,11H,9-10,12H2,(H,19,21)(H,20,22). The molecular weight excluding hydrogens is 300 g/mol. The van der Waals surface area contributed by atoms with E-state index in [2.05, 4.69) is 10.6 Å². The fourth-order valence-corrected chi connectivity index (χ4v) is 2.16. The lowest BCUT2D eigenvalue weighted by Crippen LogP contribution is -2.29. The largest absolute Gasteiger partial charge is 0.355 e. The Kier molecular flexibility index (Phi) is 5.98. The topological polar surface area (TPSA) is 58.2 Å². The Labute approximate surface area is 134 Å². The molecule has 0 heterocycles. The summed E-state index contributed by atoms with van der Waals surface area (Å²) in [6.45, 7) is 0.507. The molecule has 0 fully saturated rings. The van der Waals surface area contributed by atoms with Crippen LogP contribution < -0.4 is 10.6 Å². The summed E-state index contributed by atoms with van der Waals surface area (Å²) in [5.74, 6) is -0.657. The molecule has 114 valence electrons. The van der Waals surface area contributed by atoms with Crippen molar-refractivity contribution in [3.05, 3.63) is 65.2 Å². The third-order valence-electron chi connectivity index (χ3n) is 3.01. The third kappa shape index (κ3) is 5.58. The molecule has 2 N–H and O–H groups in total. The molecule has 0 saturated heterocycles. The second kappa shape index (κ2) is 8.20. The molecule has 2 aromatic rings. The van der Waals surface area contributed by atoms with Crippen molar-refractivity contribution in [2.45, 2.75) is 12.8 Å². The number of anilines is 1. The first-order valence-electron chi connectivity index (χ1n) is 6.99. The van der Waals surface area contributed by atoms with E-state index in [9.17, 15) is 9.59 Å². The third-order valence-corrected chi connectivity index (χ3v) is 3.24. The Morgan fingerprint density at radius 3 is 2.45 bits per heavy atom. The van der Waals surface area contributed by atoms with Gasteiger partial charge in [-0.15, -0.1) is 0 Å². The smallest absolute Gasteiger partial charge is 0.233 e. The molecule has 0 bridgehead atoms. The number of benzene rings is 2. The molecule has 0 aliphatic rings. The predicted octanol–water partition coefficient (Wildman–Crippen LogP) is 3.03. The van der Waals surface area contributed by atoms with Crippen LogP contribution >= 0.6 is 11.6 Å². The van der Waals surface area contributed by atoms with Crippen molar-refractivity contribution >= 4 is 29.1 Å². The van der Waals surface area contributed by atoms with Crippen molar-refractivity contribution in [1.82, 2.24) is 5.32 Å². The zero-order valence-corrected chi connectivity index (χ0v) is 12.8. The first-order valence-corrected chi connectivity index (χ1v) is 7.37. The Balaban J connectivity index is 1.71. The van der Waals surface area contributed by atoms with E-state index in [4.69, 9.17) is 11.6 Å². The van der Waals surface area contributed by atoms with Crippen molar-refractivity contribution in [1.29, 1.82) is 0 Å². The van der Waals surface area contributed by atoms with E-state index in [0.29, 0.717) is 17.3 Å². The number of carbonyl (C=O) groups is 2. The van der Waals surface area contributed by atoms with Crippen LogP contribution in [0.2, 0.25) is 5.02 Å². The Bertz CT molecular complexity index is 644. The summed E-state index contributed by atoms with van der Waals surface area (Å²) in [4.78, 5) is 23.5. The molecule has 22 heavy (non-hydrogen) atoms. The highest BCUT2D eigenvalue weighted by Gasteiger charge is 2.09. The molecule has 4 nitrogen and oxygen atoms in total. The Hall–Kier alpha value is -2.33. The van der Waals surface area contributed by atoms with Crippen LogP contribution in [-0.2, 0) is 16.0 Å². The van der Waals surface area contributed by atoms with E-state index in [0.717, 1.165) is 12.0 Å². The summed E-state index contributed by atoms with van der Waals surface area (Å²) in [5, 5.41) is 5.90. The molecule has 0 spiro atoms. The van der Waals surface area contributed by atoms with Gasteiger partial charge in [0.15, 0.2) is 0 Å². The van der Waals surface area contributed by atoms with Gasteiger partial charge in [0.05, 0.1) is 0 Å². The molecular formula is C17H17ClN2O2. The highest BCUT2D eigenvalue weighted by Crippen LogP contribution is 2.14. The summed E-state index contributed by atoms with van der Waals surface area (Å²) in [5.41, 5.74) is 1.72. The van der Waals surface area contributed by atoms with E-state index in [-0.39, 0.29) is 18.2 Å². The molecule has 0 unspecified atom stereocenters. The molecule has 2 rings (SSSR count). The monoisotopic (exact) mass is 316 g/mol. The van der Waals surface area contributed by atoms with Crippen LogP contribution in [0.15, 0.2) is 54.6 Å². The zero-order valence-electron chi connectivity index (χ0n) is 12.0. The summed E-state index contributed by atoms with van der Waals surface area (Å²) in [6, 6.07) is 16.7. The lowest BCUT2D eigenvalue weighted by Gasteiger charge is -2.07. The average Bonchev–Trinajstić information content (AvgIpc) is 2.48. The van der Waals surface area contributed by atoms with Crippen molar-refractivity contribution in [3.8, 4) is 0 Å². The molecule has 0 saturated carbocycles. The normalized spacial score (nSPS) is 10.0. The maximum Gasteiger partial charge on any atom is 0.233 e. The highest BCUT2D eigenvalue weighted by atomic mass is 35.5. The summed E-state index contributed by atoms with van der Waals surface area (Å²) in [7, 11) is 0. The van der Waals surface area contributed by atoms with Crippen LogP contribution in [0.5, 0.6) is 0 Å². The van der Waals surface area contributed by atoms with Gasteiger partial charge in [0.1, 0.15) is 6.42 Å². The summed E-state index contributed by atoms with van der Waals surface area (Å²) >= 11 is 5.83. The molecule has 2 amide bonds. The number of hydrogen-bond donors (Lipinski definition) is 2. The van der Waals surface area contributed by atoms with Gasteiger partial charge in [-0.25, -0.2) is 0 Å². The fraction of sp³-hybridized carbons (Fsp3) is 0.176. The van der Waals surface area contributed by atoms with Gasteiger partial charge >= 0.3 is 0 Å². The van der Waals surface area contributed by atoms with Gasteiger partial charge in [-0.05, 0) is 30.2 Å². The quantitative estimate of drug-likeness (QED) is 0.805. The number of halogens is 1. The van der Waals surface area contributed by atoms with E-state index >= 15 is 0 Å².